The van der Waals surface area contributed by atoms with Crippen molar-refractivity contribution >= 4 is 34.9 Å². The van der Waals surface area contributed by atoms with Crippen molar-refractivity contribution in [2.75, 3.05) is 5.32 Å². The number of hydrogen-bond acceptors (Lipinski definition) is 4. The third kappa shape index (κ3) is 2.70. The first kappa shape index (κ1) is 13.0. The Hall–Kier alpha value is -1.40. The SMILES string of the molecule is CC(Cl)c1nnc(Nc2c(F)cc(F)cc2Cl)o1. The van der Waals surface area contributed by atoms with Crippen molar-refractivity contribution in [2.24, 2.45) is 0 Å². The molecule has 0 aliphatic carbocycles. The molecule has 0 spiro atoms. The van der Waals surface area contributed by atoms with Crippen LogP contribution in [0.3, 0.4) is 0 Å². The monoisotopic (exact) mass is 293 g/mol. The summed E-state index contributed by atoms with van der Waals surface area (Å²) in [5.41, 5.74) is -0.143. The van der Waals surface area contributed by atoms with E-state index in [-0.39, 0.29) is 22.6 Å². The molecule has 0 aliphatic rings. The van der Waals surface area contributed by atoms with Crippen molar-refractivity contribution in [3.8, 4) is 0 Å². The second kappa shape index (κ2) is 5.07. The molecule has 0 amide bonds. The summed E-state index contributed by atoms with van der Waals surface area (Å²) in [6.07, 6.45) is 0. The lowest BCUT2D eigenvalue weighted by Crippen LogP contribution is -1.96. The summed E-state index contributed by atoms with van der Waals surface area (Å²) in [6, 6.07) is 1.58. The minimum atomic E-state index is -0.862. The van der Waals surface area contributed by atoms with E-state index < -0.39 is 17.0 Å². The number of benzene rings is 1. The Bertz CT molecular complexity index is 551. The number of aromatic nitrogens is 2. The van der Waals surface area contributed by atoms with E-state index in [0.29, 0.717) is 6.07 Å². The van der Waals surface area contributed by atoms with Gasteiger partial charge in [0.25, 0.3) is 0 Å². The molecule has 1 atom stereocenters. The lowest BCUT2D eigenvalue weighted by molar-refractivity contribution is 0.508. The minimum Gasteiger partial charge on any atom is -0.406 e. The van der Waals surface area contributed by atoms with Crippen molar-refractivity contribution in [1.29, 1.82) is 0 Å². The van der Waals surface area contributed by atoms with Crippen LogP contribution < -0.4 is 5.32 Å². The molecule has 8 heteroatoms. The number of hydrogen-bond donors (Lipinski definition) is 1. The molecule has 1 N–H and O–H groups in total. The Labute approximate surface area is 111 Å². The van der Waals surface area contributed by atoms with E-state index in [1.54, 1.807) is 6.92 Å². The van der Waals surface area contributed by atoms with Gasteiger partial charge in [0.05, 0.1) is 10.7 Å². The second-order valence-corrected chi connectivity index (χ2v) is 4.49. The summed E-state index contributed by atoms with van der Waals surface area (Å²) in [4.78, 5) is 0. The van der Waals surface area contributed by atoms with E-state index in [1.165, 1.54) is 0 Å². The van der Waals surface area contributed by atoms with Gasteiger partial charge in [-0.05, 0) is 13.0 Å². The molecule has 96 valence electrons. The molecule has 4 nitrogen and oxygen atoms in total. The highest BCUT2D eigenvalue weighted by atomic mass is 35.5. The van der Waals surface area contributed by atoms with Crippen LogP contribution in [0.15, 0.2) is 16.5 Å². The molecule has 0 radical (unpaired) electrons. The third-order valence-electron chi connectivity index (χ3n) is 2.02. The van der Waals surface area contributed by atoms with Crippen LogP contribution in [0.1, 0.15) is 18.2 Å². The maximum atomic E-state index is 13.5. The molecule has 1 aromatic heterocycles. The van der Waals surface area contributed by atoms with Crippen LogP contribution in [-0.4, -0.2) is 10.2 Å². The fraction of sp³-hybridized carbons (Fsp3) is 0.200. The molecule has 18 heavy (non-hydrogen) atoms. The summed E-state index contributed by atoms with van der Waals surface area (Å²) in [5.74, 6) is -1.46. The predicted octanol–water partition coefficient (Wildman–Crippen LogP) is 4.04. The van der Waals surface area contributed by atoms with Gasteiger partial charge in [0.2, 0.25) is 5.89 Å². The predicted molar refractivity (Wildman–Crippen MR) is 63.2 cm³/mol. The summed E-state index contributed by atoms with van der Waals surface area (Å²) in [7, 11) is 0. The number of alkyl halides is 1. The van der Waals surface area contributed by atoms with Gasteiger partial charge < -0.3 is 9.73 Å². The average molecular weight is 294 g/mol. The fourth-order valence-corrected chi connectivity index (χ4v) is 1.54. The van der Waals surface area contributed by atoms with Gasteiger partial charge in [0.1, 0.15) is 11.2 Å². The standard InChI is InChI=1S/C10H7Cl2F2N3O/c1-4(11)9-16-17-10(18-9)15-8-6(12)2-5(13)3-7(8)14/h2-4H,1H3,(H,15,17). The lowest BCUT2D eigenvalue weighted by atomic mass is 10.3. The number of halogens is 4. The van der Waals surface area contributed by atoms with Crippen molar-refractivity contribution in [3.05, 3.63) is 34.7 Å². The van der Waals surface area contributed by atoms with E-state index in [9.17, 15) is 8.78 Å². The van der Waals surface area contributed by atoms with Crippen molar-refractivity contribution in [2.45, 2.75) is 12.3 Å². The molecule has 1 unspecified atom stereocenters. The number of nitrogens with zero attached hydrogens (tertiary/aromatic N) is 2. The smallest absolute Gasteiger partial charge is 0.320 e. The van der Waals surface area contributed by atoms with Gasteiger partial charge in [0.15, 0.2) is 5.82 Å². The number of nitrogens with one attached hydrogen (secondary N) is 1. The van der Waals surface area contributed by atoms with Crippen molar-refractivity contribution in [1.82, 2.24) is 10.2 Å². The van der Waals surface area contributed by atoms with E-state index in [4.69, 9.17) is 27.6 Å². The zero-order valence-corrected chi connectivity index (χ0v) is 10.6. The van der Waals surface area contributed by atoms with E-state index in [1.807, 2.05) is 0 Å². The molecule has 0 aliphatic heterocycles. The quantitative estimate of drug-likeness (QED) is 0.868. The molecule has 1 aromatic carbocycles. The first-order valence-corrected chi connectivity index (χ1v) is 5.68. The summed E-state index contributed by atoms with van der Waals surface area (Å²) < 4.78 is 31.4. The average Bonchev–Trinajstić information content (AvgIpc) is 2.71. The first-order chi connectivity index (χ1) is 8.47. The Morgan fingerprint density at radius 3 is 2.61 bits per heavy atom. The normalized spacial score (nSPS) is 12.5. The van der Waals surface area contributed by atoms with Crippen LogP contribution in [-0.2, 0) is 0 Å². The second-order valence-electron chi connectivity index (χ2n) is 3.43. The fourth-order valence-electron chi connectivity index (χ4n) is 1.21. The van der Waals surface area contributed by atoms with Crippen LogP contribution in [0.25, 0.3) is 0 Å². The zero-order chi connectivity index (χ0) is 13.3. The largest absolute Gasteiger partial charge is 0.406 e. The van der Waals surface area contributed by atoms with Gasteiger partial charge >= 0.3 is 6.01 Å². The van der Waals surface area contributed by atoms with Crippen molar-refractivity contribution < 1.29 is 13.2 Å². The van der Waals surface area contributed by atoms with Gasteiger partial charge in [-0.15, -0.1) is 16.7 Å². The maximum absolute atomic E-state index is 13.5. The highest BCUT2D eigenvalue weighted by Gasteiger charge is 2.15. The van der Waals surface area contributed by atoms with Gasteiger partial charge in [-0.1, -0.05) is 16.7 Å². The summed E-state index contributed by atoms with van der Waals surface area (Å²) in [6.45, 7) is 1.64. The Morgan fingerprint density at radius 2 is 2.06 bits per heavy atom. The molecular formula is C10H7Cl2F2N3O. The molecule has 0 saturated heterocycles. The van der Waals surface area contributed by atoms with E-state index in [0.717, 1.165) is 6.07 Å². The molecule has 0 fully saturated rings. The Morgan fingerprint density at radius 1 is 1.33 bits per heavy atom. The molecular weight excluding hydrogens is 287 g/mol. The topological polar surface area (TPSA) is 51.0 Å². The molecule has 0 bridgehead atoms. The minimum absolute atomic E-state index is 0.0788. The lowest BCUT2D eigenvalue weighted by Gasteiger charge is -2.05. The van der Waals surface area contributed by atoms with Crippen LogP contribution in [0.2, 0.25) is 5.02 Å². The van der Waals surface area contributed by atoms with Gasteiger partial charge in [-0.2, -0.15) is 0 Å². The Balaban J connectivity index is 2.28. The highest BCUT2D eigenvalue weighted by molar-refractivity contribution is 6.33. The zero-order valence-electron chi connectivity index (χ0n) is 9.05. The van der Waals surface area contributed by atoms with Gasteiger partial charge in [0, 0.05) is 6.07 Å². The van der Waals surface area contributed by atoms with Crippen LogP contribution in [0.4, 0.5) is 20.5 Å². The molecule has 1 heterocycles. The third-order valence-corrected chi connectivity index (χ3v) is 2.50. The summed E-state index contributed by atoms with van der Waals surface area (Å²) >= 11 is 11.4. The van der Waals surface area contributed by atoms with Crippen LogP contribution in [0, 0.1) is 11.6 Å². The Kier molecular flexibility index (Phi) is 3.68. The van der Waals surface area contributed by atoms with Crippen LogP contribution >= 0.6 is 23.2 Å². The van der Waals surface area contributed by atoms with Crippen LogP contribution in [0.5, 0.6) is 0 Å². The molecule has 2 rings (SSSR count). The highest BCUT2D eigenvalue weighted by Crippen LogP contribution is 2.29. The van der Waals surface area contributed by atoms with Gasteiger partial charge in [-0.25, -0.2) is 8.78 Å². The molecule has 2 aromatic rings. The first-order valence-electron chi connectivity index (χ1n) is 4.86. The van der Waals surface area contributed by atoms with Gasteiger partial charge in [-0.3, -0.25) is 0 Å². The molecule has 0 saturated carbocycles. The number of anilines is 2. The van der Waals surface area contributed by atoms with Crippen molar-refractivity contribution in [3.63, 3.8) is 0 Å². The van der Waals surface area contributed by atoms with E-state index in [2.05, 4.69) is 15.5 Å². The maximum Gasteiger partial charge on any atom is 0.320 e. The summed E-state index contributed by atoms with van der Waals surface area (Å²) in [5, 5.41) is 9.11. The number of rotatable bonds is 3. The van der Waals surface area contributed by atoms with E-state index >= 15 is 0 Å².